The van der Waals surface area contributed by atoms with Gasteiger partial charge >= 0.3 is 0 Å². The maximum atomic E-state index is 13.4. The fraction of sp³-hybridized carbons (Fsp3) is 0.250. The number of rotatable bonds is 4. The molecule has 7 heteroatoms. The highest BCUT2D eigenvalue weighted by molar-refractivity contribution is 7.89. The number of pyridine rings is 2. The van der Waals surface area contributed by atoms with E-state index in [1.54, 1.807) is 22.6 Å². The van der Waals surface area contributed by atoms with Gasteiger partial charge in [-0.1, -0.05) is 36.4 Å². The van der Waals surface area contributed by atoms with E-state index in [1.807, 2.05) is 31.3 Å². The van der Waals surface area contributed by atoms with E-state index in [0.717, 1.165) is 28.4 Å². The van der Waals surface area contributed by atoms with Crippen LogP contribution in [0.2, 0.25) is 0 Å². The Morgan fingerprint density at radius 3 is 2.45 bits per heavy atom. The highest BCUT2D eigenvalue weighted by atomic mass is 32.2. The van der Waals surface area contributed by atoms with E-state index in [-0.39, 0.29) is 4.90 Å². The molecule has 0 amide bonds. The van der Waals surface area contributed by atoms with Gasteiger partial charge in [-0.05, 0) is 36.2 Å². The highest BCUT2D eigenvalue weighted by Gasteiger charge is 2.30. The predicted octanol–water partition coefficient (Wildman–Crippen LogP) is 3.60. The summed E-state index contributed by atoms with van der Waals surface area (Å²) in [6.07, 6.45) is 3.54. The van der Waals surface area contributed by atoms with Crippen molar-refractivity contribution in [1.82, 2.24) is 19.2 Å². The Balaban J connectivity index is 1.34. The third-order valence-corrected chi connectivity index (χ3v) is 7.80. The van der Waals surface area contributed by atoms with Crippen LogP contribution in [0.25, 0.3) is 21.8 Å². The van der Waals surface area contributed by atoms with Crippen LogP contribution < -0.4 is 0 Å². The minimum atomic E-state index is -3.60. The molecular weight excluding hydrogens is 408 g/mol. The summed E-state index contributed by atoms with van der Waals surface area (Å²) < 4.78 is 28.4. The third-order valence-electron chi connectivity index (χ3n) is 5.87. The van der Waals surface area contributed by atoms with E-state index in [1.165, 1.54) is 5.56 Å². The van der Waals surface area contributed by atoms with Crippen molar-refractivity contribution in [2.24, 2.45) is 0 Å². The molecule has 0 spiro atoms. The van der Waals surface area contributed by atoms with Gasteiger partial charge < -0.3 is 0 Å². The van der Waals surface area contributed by atoms with Crippen LogP contribution in [0, 0.1) is 6.92 Å². The molecule has 0 bridgehead atoms. The molecule has 0 unspecified atom stereocenters. The van der Waals surface area contributed by atoms with E-state index in [2.05, 4.69) is 39.1 Å². The number of nitrogens with zero attached hydrogens (tertiary/aromatic N) is 4. The molecule has 5 rings (SSSR count). The Bertz CT molecular complexity index is 1360. The molecule has 1 aliphatic rings. The van der Waals surface area contributed by atoms with E-state index >= 15 is 0 Å². The average molecular weight is 433 g/mol. The van der Waals surface area contributed by atoms with Gasteiger partial charge in [0.15, 0.2) is 0 Å². The summed E-state index contributed by atoms with van der Waals surface area (Å²) in [6.45, 7) is 5.00. The molecule has 0 N–H and O–H groups in total. The van der Waals surface area contributed by atoms with E-state index in [0.29, 0.717) is 31.7 Å². The van der Waals surface area contributed by atoms with Gasteiger partial charge in [0, 0.05) is 55.9 Å². The average Bonchev–Trinajstić information content (AvgIpc) is 2.79. The standard InChI is InChI=1S/C24H24N4O2S/c1-18-15-20-6-3-9-22(24(20)26-16-18)31(29,30)28-13-11-27(12-14-28)17-21-7-2-5-19-8-4-10-25-23(19)21/h2-10,15-16H,11-14,17H2,1H3. The molecule has 1 fully saturated rings. The van der Waals surface area contributed by atoms with Gasteiger partial charge in [0.1, 0.15) is 4.90 Å². The largest absolute Gasteiger partial charge is 0.296 e. The predicted molar refractivity (Wildman–Crippen MR) is 122 cm³/mol. The van der Waals surface area contributed by atoms with Crippen LogP contribution in [-0.2, 0) is 16.6 Å². The first-order valence-electron chi connectivity index (χ1n) is 10.4. The van der Waals surface area contributed by atoms with Crippen LogP contribution in [0.3, 0.4) is 0 Å². The van der Waals surface area contributed by atoms with Crippen molar-refractivity contribution in [2.75, 3.05) is 26.2 Å². The van der Waals surface area contributed by atoms with Gasteiger partial charge in [-0.25, -0.2) is 8.42 Å². The monoisotopic (exact) mass is 432 g/mol. The van der Waals surface area contributed by atoms with Gasteiger partial charge in [-0.2, -0.15) is 4.31 Å². The Hall–Kier alpha value is -2.87. The SMILES string of the molecule is Cc1cnc2c(S(=O)(=O)N3CCN(Cc4cccc5cccnc45)CC3)cccc2c1. The fourth-order valence-corrected chi connectivity index (χ4v) is 5.84. The second kappa shape index (κ2) is 8.00. The zero-order valence-corrected chi connectivity index (χ0v) is 18.2. The van der Waals surface area contributed by atoms with Gasteiger partial charge in [0.05, 0.1) is 11.0 Å². The summed E-state index contributed by atoms with van der Waals surface area (Å²) in [7, 11) is -3.60. The highest BCUT2D eigenvalue weighted by Crippen LogP contribution is 2.26. The molecule has 31 heavy (non-hydrogen) atoms. The normalized spacial score (nSPS) is 16.2. The summed E-state index contributed by atoms with van der Waals surface area (Å²) in [5.74, 6) is 0. The maximum Gasteiger partial charge on any atom is 0.245 e. The van der Waals surface area contributed by atoms with Crippen LogP contribution in [0.1, 0.15) is 11.1 Å². The maximum absolute atomic E-state index is 13.4. The number of piperazine rings is 1. The lowest BCUT2D eigenvalue weighted by Gasteiger charge is -2.34. The quantitative estimate of drug-likeness (QED) is 0.493. The lowest BCUT2D eigenvalue weighted by molar-refractivity contribution is 0.182. The molecule has 158 valence electrons. The summed E-state index contributed by atoms with van der Waals surface area (Å²) in [5, 5.41) is 1.98. The fourth-order valence-electron chi connectivity index (χ4n) is 4.25. The number of sulfonamides is 1. The lowest BCUT2D eigenvalue weighted by Crippen LogP contribution is -2.48. The van der Waals surface area contributed by atoms with Gasteiger partial charge in [-0.3, -0.25) is 14.9 Å². The van der Waals surface area contributed by atoms with Gasteiger partial charge in [0.2, 0.25) is 10.0 Å². The van der Waals surface area contributed by atoms with Crippen LogP contribution in [-0.4, -0.2) is 53.8 Å². The van der Waals surface area contributed by atoms with E-state index < -0.39 is 10.0 Å². The zero-order chi connectivity index (χ0) is 21.4. The van der Waals surface area contributed by atoms with Crippen molar-refractivity contribution in [3.8, 4) is 0 Å². The second-order valence-electron chi connectivity index (χ2n) is 8.01. The van der Waals surface area contributed by atoms with Crippen LogP contribution in [0.4, 0.5) is 0 Å². The molecular formula is C24H24N4O2S. The van der Waals surface area contributed by atoms with Crippen molar-refractivity contribution >= 4 is 31.8 Å². The summed E-state index contributed by atoms with van der Waals surface area (Å²) >= 11 is 0. The molecule has 0 radical (unpaired) electrons. The topological polar surface area (TPSA) is 66.4 Å². The molecule has 4 aromatic rings. The number of hydrogen-bond donors (Lipinski definition) is 0. The second-order valence-corrected chi connectivity index (χ2v) is 9.92. The molecule has 6 nitrogen and oxygen atoms in total. The van der Waals surface area contributed by atoms with E-state index in [4.69, 9.17) is 0 Å². The van der Waals surface area contributed by atoms with Crippen molar-refractivity contribution in [3.63, 3.8) is 0 Å². The van der Waals surface area contributed by atoms with Crippen LogP contribution in [0.5, 0.6) is 0 Å². The number of hydrogen-bond acceptors (Lipinski definition) is 5. The third kappa shape index (κ3) is 3.80. The molecule has 0 aliphatic carbocycles. The van der Waals surface area contributed by atoms with Crippen molar-refractivity contribution in [1.29, 1.82) is 0 Å². The minimum absolute atomic E-state index is 0.289. The van der Waals surface area contributed by atoms with Gasteiger partial charge in [0.25, 0.3) is 0 Å². The molecule has 1 aliphatic heterocycles. The minimum Gasteiger partial charge on any atom is -0.296 e. The van der Waals surface area contributed by atoms with Crippen LogP contribution in [0.15, 0.2) is 71.9 Å². The molecule has 1 saturated heterocycles. The molecule has 3 heterocycles. The number of fused-ring (bicyclic) bond motifs is 2. The Morgan fingerprint density at radius 1 is 0.871 bits per heavy atom. The zero-order valence-electron chi connectivity index (χ0n) is 17.4. The first kappa shape index (κ1) is 20.1. The molecule has 0 atom stereocenters. The summed E-state index contributed by atoms with van der Waals surface area (Å²) in [6, 6.07) is 17.6. The number of para-hydroxylation sites is 2. The van der Waals surface area contributed by atoms with Crippen LogP contribution >= 0.6 is 0 Å². The summed E-state index contributed by atoms with van der Waals surface area (Å²) in [5.41, 5.74) is 3.73. The summed E-state index contributed by atoms with van der Waals surface area (Å²) in [4.78, 5) is 11.5. The Morgan fingerprint density at radius 2 is 1.61 bits per heavy atom. The Kier molecular flexibility index (Phi) is 5.17. The number of aromatic nitrogens is 2. The van der Waals surface area contributed by atoms with Gasteiger partial charge in [-0.15, -0.1) is 0 Å². The van der Waals surface area contributed by atoms with Crippen molar-refractivity contribution < 1.29 is 8.42 Å². The Labute approximate surface area is 182 Å². The first-order valence-corrected chi connectivity index (χ1v) is 11.9. The first-order chi connectivity index (χ1) is 15.0. The van der Waals surface area contributed by atoms with Crippen molar-refractivity contribution in [2.45, 2.75) is 18.4 Å². The lowest BCUT2D eigenvalue weighted by atomic mass is 10.1. The smallest absolute Gasteiger partial charge is 0.245 e. The van der Waals surface area contributed by atoms with E-state index in [9.17, 15) is 8.42 Å². The number of benzene rings is 2. The molecule has 2 aromatic carbocycles. The number of aryl methyl sites for hydroxylation is 1. The molecule has 2 aromatic heterocycles. The molecule has 0 saturated carbocycles. The van der Waals surface area contributed by atoms with Crippen molar-refractivity contribution in [3.05, 3.63) is 78.1 Å².